The molecular weight excluding hydrogens is 314 g/mol. The van der Waals surface area contributed by atoms with E-state index in [1.807, 2.05) is 6.07 Å². The van der Waals surface area contributed by atoms with Crippen molar-refractivity contribution in [1.82, 2.24) is 4.98 Å². The molecule has 1 heterocycles. The molecule has 4 rings (SSSR count). The number of aromatic nitrogens is 1. The van der Waals surface area contributed by atoms with Gasteiger partial charge < -0.3 is 0 Å². The van der Waals surface area contributed by atoms with Crippen molar-refractivity contribution >= 4 is 10.8 Å². The maximum absolute atomic E-state index is 4.98. The predicted molar refractivity (Wildman–Crippen MR) is 111 cm³/mol. The second-order valence-electron chi connectivity index (χ2n) is 7.77. The van der Waals surface area contributed by atoms with Crippen LogP contribution >= 0.6 is 0 Å². The van der Waals surface area contributed by atoms with E-state index in [2.05, 4.69) is 99.6 Å². The first-order valence-electron chi connectivity index (χ1n) is 9.08. The maximum atomic E-state index is 4.98. The lowest BCUT2D eigenvalue weighted by Crippen LogP contribution is -2.14. The lowest BCUT2D eigenvalue weighted by molar-refractivity contribution is 0.570. The lowest BCUT2D eigenvalue weighted by atomic mass is 9.88. The summed E-state index contributed by atoms with van der Waals surface area (Å²) in [6, 6.07) is 30.0. The van der Waals surface area contributed by atoms with Crippen molar-refractivity contribution in [3.05, 3.63) is 90.6 Å². The quantitative estimate of drug-likeness (QED) is 0.389. The van der Waals surface area contributed by atoms with Gasteiger partial charge in [0, 0.05) is 16.7 Å². The highest BCUT2D eigenvalue weighted by Gasteiger charge is 2.18. The Kier molecular flexibility index (Phi) is 4.08. The molecule has 0 atom stereocenters. The highest BCUT2D eigenvalue weighted by molar-refractivity contribution is 5.97. The fraction of sp³-hybridized carbons (Fsp3) is 0.160. The van der Waals surface area contributed by atoms with Crippen LogP contribution in [-0.4, -0.2) is 4.98 Å². The molecule has 26 heavy (non-hydrogen) atoms. The van der Waals surface area contributed by atoms with E-state index in [1.54, 1.807) is 0 Å². The Hall–Kier alpha value is -2.93. The summed E-state index contributed by atoms with van der Waals surface area (Å²) in [7, 11) is 0. The molecule has 0 bridgehead atoms. The van der Waals surface area contributed by atoms with Gasteiger partial charge in [-0.3, -0.25) is 4.98 Å². The Balaban J connectivity index is 1.99. The largest absolute Gasteiger partial charge is 0.252 e. The van der Waals surface area contributed by atoms with Crippen LogP contribution in [0.25, 0.3) is 33.2 Å². The number of benzene rings is 3. The van der Waals surface area contributed by atoms with Crippen LogP contribution in [-0.2, 0) is 5.41 Å². The summed E-state index contributed by atoms with van der Waals surface area (Å²) in [5, 5.41) is 2.54. The van der Waals surface area contributed by atoms with Crippen LogP contribution in [0.1, 0.15) is 26.5 Å². The molecule has 0 saturated heterocycles. The molecule has 128 valence electrons. The summed E-state index contributed by atoms with van der Waals surface area (Å²) in [6.07, 6.45) is 0. The zero-order valence-electron chi connectivity index (χ0n) is 15.5. The number of hydrogen-bond donors (Lipinski definition) is 0. The normalized spacial score (nSPS) is 11.7. The van der Waals surface area contributed by atoms with E-state index in [9.17, 15) is 0 Å². The summed E-state index contributed by atoms with van der Waals surface area (Å²) in [5.74, 6) is 0. The first-order valence-corrected chi connectivity index (χ1v) is 9.08. The highest BCUT2D eigenvalue weighted by Crippen LogP contribution is 2.34. The molecule has 3 aromatic carbocycles. The predicted octanol–water partition coefficient (Wildman–Crippen LogP) is 6.87. The standard InChI is InChI=1S/C25H23N/c1-25(2,3)24-17-20(16-23(26-24)19-11-5-4-6-12-19)22-15-9-13-18-10-7-8-14-21(18)22/h4-17H,1-3H3. The first-order chi connectivity index (χ1) is 12.5. The van der Waals surface area contributed by atoms with Crippen molar-refractivity contribution in [2.75, 3.05) is 0 Å². The van der Waals surface area contributed by atoms with Gasteiger partial charge in [0.25, 0.3) is 0 Å². The van der Waals surface area contributed by atoms with Gasteiger partial charge in [0.2, 0.25) is 0 Å². The minimum Gasteiger partial charge on any atom is -0.252 e. The number of fused-ring (bicyclic) bond motifs is 1. The zero-order chi connectivity index (χ0) is 18.1. The summed E-state index contributed by atoms with van der Waals surface area (Å²) >= 11 is 0. The van der Waals surface area contributed by atoms with Gasteiger partial charge in [0.05, 0.1) is 5.69 Å². The molecule has 0 radical (unpaired) electrons. The maximum Gasteiger partial charge on any atom is 0.0711 e. The molecule has 1 heteroatoms. The Morgan fingerprint density at radius 3 is 2.12 bits per heavy atom. The number of nitrogens with zero attached hydrogens (tertiary/aromatic N) is 1. The van der Waals surface area contributed by atoms with Crippen molar-refractivity contribution < 1.29 is 0 Å². The van der Waals surface area contributed by atoms with Crippen molar-refractivity contribution in [3.63, 3.8) is 0 Å². The highest BCUT2D eigenvalue weighted by atomic mass is 14.7. The van der Waals surface area contributed by atoms with E-state index >= 15 is 0 Å². The third-order valence-corrected chi connectivity index (χ3v) is 4.76. The van der Waals surface area contributed by atoms with Crippen LogP contribution in [0.5, 0.6) is 0 Å². The Bertz CT molecular complexity index is 1050. The SMILES string of the molecule is CC(C)(C)c1cc(-c2cccc3ccccc23)cc(-c2ccccc2)n1. The molecular formula is C25H23N. The van der Waals surface area contributed by atoms with Gasteiger partial charge in [-0.2, -0.15) is 0 Å². The van der Waals surface area contributed by atoms with Crippen molar-refractivity contribution in [2.24, 2.45) is 0 Å². The van der Waals surface area contributed by atoms with Crippen molar-refractivity contribution in [2.45, 2.75) is 26.2 Å². The van der Waals surface area contributed by atoms with Gasteiger partial charge in [0.15, 0.2) is 0 Å². The molecule has 1 nitrogen and oxygen atoms in total. The van der Waals surface area contributed by atoms with Crippen molar-refractivity contribution in [1.29, 1.82) is 0 Å². The number of pyridine rings is 1. The van der Waals surface area contributed by atoms with Crippen LogP contribution in [0.15, 0.2) is 84.9 Å². The summed E-state index contributed by atoms with van der Waals surface area (Å²) in [4.78, 5) is 4.98. The molecule has 1 aromatic heterocycles. The smallest absolute Gasteiger partial charge is 0.0711 e. The van der Waals surface area contributed by atoms with Crippen LogP contribution in [0.4, 0.5) is 0 Å². The third kappa shape index (κ3) is 3.13. The van der Waals surface area contributed by atoms with Gasteiger partial charge >= 0.3 is 0 Å². The Morgan fingerprint density at radius 1 is 0.654 bits per heavy atom. The molecule has 0 aliphatic carbocycles. The van der Waals surface area contributed by atoms with Gasteiger partial charge in [-0.1, -0.05) is 93.6 Å². The second-order valence-corrected chi connectivity index (χ2v) is 7.77. The second kappa shape index (κ2) is 6.42. The summed E-state index contributed by atoms with van der Waals surface area (Å²) in [5.41, 5.74) is 5.76. The lowest BCUT2D eigenvalue weighted by Gasteiger charge is -2.20. The molecule has 0 aliphatic rings. The first kappa shape index (κ1) is 16.5. The minimum atomic E-state index is -0.00980. The summed E-state index contributed by atoms with van der Waals surface area (Å²) in [6.45, 7) is 6.66. The molecule has 0 unspecified atom stereocenters. The summed E-state index contributed by atoms with van der Waals surface area (Å²) < 4.78 is 0. The minimum absolute atomic E-state index is 0.00980. The molecule has 0 amide bonds. The van der Waals surface area contributed by atoms with Crippen molar-refractivity contribution in [3.8, 4) is 22.4 Å². The molecule has 4 aromatic rings. The topological polar surface area (TPSA) is 12.9 Å². The molecule has 0 N–H and O–H groups in total. The van der Waals surface area contributed by atoms with Crippen LogP contribution in [0.3, 0.4) is 0 Å². The number of rotatable bonds is 2. The number of hydrogen-bond acceptors (Lipinski definition) is 1. The third-order valence-electron chi connectivity index (χ3n) is 4.76. The van der Waals surface area contributed by atoms with Gasteiger partial charge in [-0.05, 0) is 34.0 Å². The van der Waals surface area contributed by atoms with E-state index in [0.29, 0.717) is 0 Å². The molecule has 0 saturated carbocycles. The Morgan fingerprint density at radius 2 is 1.35 bits per heavy atom. The van der Waals surface area contributed by atoms with Gasteiger partial charge in [0.1, 0.15) is 0 Å². The van der Waals surface area contributed by atoms with E-state index < -0.39 is 0 Å². The van der Waals surface area contributed by atoms with Crippen LogP contribution in [0, 0.1) is 0 Å². The van der Waals surface area contributed by atoms with E-state index in [1.165, 1.54) is 21.9 Å². The average Bonchev–Trinajstić information content (AvgIpc) is 2.67. The monoisotopic (exact) mass is 337 g/mol. The van der Waals surface area contributed by atoms with E-state index in [4.69, 9.17) is 4.98 Å². The van der Waals surface area contributed by atoms with E-state index in [0.717, 1.165) is 17.0 Å². The molecule has 0 aliphatic heterocycles. The molecule has 0 spiro atoms. The average molecular weight is 337 g/mol. The van der Waals surface area contributed by atoms with Crippen LogP contribution < -0.4 is 0 Å². The Labute approximate surface area is 155 Å². The fourth-order valence-electron chi connectivity index (χ4n) is 3.30. The van der Waals surface area contributed by atoms with Gasteiger partial charge in [-0.15, -0.1) is 0 Å². The molecule has 0 fully saturated rings. The van der Waals surface area contributed by atoms with E-state index in [-0.39, 0.29) is 5.41 Å². The van der Waals surface area contributed by atoms with Crippen LogP contribution in [0.2, 0.25) is 0 Å². The fourth-order valence-corrected chi connectivity index (χ4v) is 3.30. The zero-order valence-corrected chi connectivity index (χ0v) is 15.5. The van der Waals surface area contributed by atoms with Gasteiger partial charge in [-0.25, -0.2) is 0 Å².